The van der Waals surface area contributed by atoms with Crippen LogP contribution in [0.5, 0.6) is 0 Å². The van der Waals surface area contributed by atoms with Gasteiger partial charge in [0.2, 0.25) is 0 Å². The molecule has 3 aliphatic carbocycles. The average Bonchev–Trinajstić information content (AvgIpc) is 3.31. The van der Waals surface area contributed by atoms with Gasteiger partial charge in [-0.15, -0.1) is 5.06 Å². The Morgan fingerprint density at radius 2 is 1.83 bits per heavy atom. The minimum absolute atomic E-state index is 0.0432. The van der Waals surface area contributed by atoms with Gasteiger partial charge >= 0.3 is 12.1 Å². The van der Waals surface area contributed by atoms with E-state index in [0.29, 0.717) is 5.57 Å². The molecule has 7 nitrogen and oxygen atoms in total. The van der Waals surface area contributed by atoms with E-state index in [-0.39, 0.29) is 12.3 Å². The van der Waals surface area contributed by atoms with E-state index >= 15 is 0 Å². The van der Waals surface area contributed by atoms with Gasteiger partial charge in [-0.1, -0.05) is 5.57 Å². The zero-order valence-electron chi connectivity index (χ0n) is 18.1. The fourth-order valence-electron chi connectivity index (χ4n) is 4.36. The SMILES string of the molecule is CC(=O)ON(CC1=C(C)C=C2C(=O)[C@](C)(O)C3(CC3)C(C)=C21)C(=O)OC(C)(C)C. The Balaban J connectivity index is 1.98. The van der Waals surface area contributed by atoms with E-state index < -0.39 is 28.7 Å². The fraction of sp³-hybridized carbons (Fsp3) is 0.591. The molecule has 0 bridgehead atoms. The van der Waals surface area contributed by atoms with Gasteiger partial charge in [0.1, 0.15) is 11.2 Å². The summed E-state index contributed by atoms with van der Waals surface area (Å²) in [5.74, 6) is -0.950. The number of nitrogens with zero attached hydrogens (tertiary/aromatic N) is 1. The molecule has 0 saturated heterocycles. The van der Waals surface area contributed by atoms with Crippen LogP contribution in [0.1, 0.15) is 61.3 Å². The zero-order chi connectivity index (χ0) is 21.9. The highest BCUT2D eigenvalue weighted by atomic mass is 16.8. The highest BCUT2D eigenvalue weighted by molar-refractivity contribution is 6.10. The van der Waals surface area contributed by atoms with E-state index in [0.717, 1.165) is 40.2 Å². The molecule has 1 saturated carbocycles. The maximum Gasteiger partial charge on any atom is 0.444 e. The van der Waals surface area contributed by atoms with E-state index in [1.807, 2.05) is 13.8 Å². The summed E-state index contributed by atoms with van der Waals surface area (Å²) in [4.78, 5) is 42.3. The first-order valence-electron chi connectivity index (χ1n) is 9.81. The van der Waals surface area contributed by atoms with Gasteiger partial charge in [0.15, 0.2) is 5.78 Å². The Morgan fingerprint density at radius 1 is 1.24 bits per heavy atom. The number of allylic oxidation sites excluding steroid dienone is 2. The quantitative estimate of drug-likeness (QED) is 0.711. The molecule has 0 aromatic carbocycles. The minimum Gasteiger partial charge on any atom is -0.442 e. The smallest absolute Gasteiger partial charge is 0.442 e. The van der Waals surface area contributed by atoms with Gasteiger partial charge in [0.05, 0.1) is 6.54 Å². The highest BCUT2D eigenvalue weighted by Crippen LogP contribution is 2.64. The van der Waals surface area contributed by atoms with Crippen LogP contribution in [0, 0.1) is 5.41 Å². The monoisotopic (exact) mass is 403 g/mol. The summed E-state index contributed by atoms with van der Waals surface area (Å²) in [5.41, 5.74) is 0.879. The molecule has 1 fully saturated rings. The number of Topliss-reactive ketones (excluding diaryl/α,β-unsaturated/α-hetero) is 1. The molecular formula is C22H29NO6. The van der Waals surface area contributed by atoms with Crippen molar-refractivity contribution in [2.45, 2.75) is 72.5 Å². The second kappa shape index (κ2) is 6.55. The van der Waals surface area contributed by atoms with Gasteiger partial charge in [-0.25, -0.2) is 4.79 Å². The van der Waals surface area contributed by atoms with Gasteiger partial charge in [0.25, 0.3) is 0 Å². The van der Waals surface area contributed by atoms with Crippen LogP contribution < -0.4 is 0 Å². The summed E-state index contributed by atoms with van der Waals surface area (Å²) in [5, 5.41) is 11.8. The van der Waals surface area contributed by atoms with Crippen molar-refractivity contribution >= 4 is 17.8 Å². The van der Waals surface area contributed by atoms with Crippen molar-refractivity contribution < 1.29 is 29.1 Å². The first-order valence-corrected chi connectivity index (χ1v) is 9.81. The second-order valence-electron chi connectivity index (χ2n) is 9.30. The van der Waals surface area contributed by atoms with Crippen LogP contribution in [-0.2, 0) is 19.2 Å². The summed E-state index contributed by atoms with van der Waals surface area (Å²) in [6.07, 6.45) is 2.43. The first-order chi connectivity index (χ1) is 13.2. The number of amides is 1. The summed E-state index contributed by atoms with van der Waals surface area (Å²) in [6, 6.07) is 0. The van der Waals surface area contributed by atoms with Crippen molar-refractivity contribution in [2.24, 2.45) is 5.41 Å². The molecule has 1 atom stereocenters. The van der Waals surface area contributed by atoms with E-state index in [4.69, 9.17) is 9.57 Å². The predicted octanol–water partition coefficient (Wildman–Crippen LogP) is 3.39. The van der Waals surface area contributed by atoms with Crippen LogP contribution >= 0.6 is 0 Å². The van der Waals surface area contributed by atoms with Crippen LogP contribution in [0.15, 0.2) is 33.9 Å². The van der Waals surface area contributed by atoms with Crippen molar-refractivity contribution in [3.05, 3.63) is 33.9 Å². The summed E-state index contributed by atoms with van der Waals surface area (Å²) >= 11 is 0. The number of hydrogen-bond donors (Lipinski definition) is 1. The molecule has 0 aromatic heterocycles. The van der Waals surface area contributed by atoms with Crippen molar-refractivity contribution in [3.8, 4) is 0 Å². The maximum atomic E-state index is 13.0. The van der Waals surface area contributed by atoms with Gasteiger partial charge in [-0.05, 0) is 77.2 Å². The number of carbonyl (C=O) groups is 3. The van der Waals surface area contributed by atoms with Crippen molar-refractivity contribution in [3.63, 3.8) is 0 Å². The largest absolute Gasteiger partial charge is 0.444 e. The molecule has 0 unspecified atom stereocenters. The Morgan fingerprint density at radius 3 is 2.31 bits per heavy atom. The number of rotatable bonds is 2. The van der Waals surface area contributed by atoms with Crippen molar-refractivity contribution in [2.75, 3.05) is 6.54 Å². The predicted molar refractivity (Wildman–Crippen MR) is 105 cm³/mol. The van der Waals surface area contributed by atoms with Gasteiger partial charge in [0, 0.05) is 17.9 Å². The Kier molecular flexibility index (Phi) is 4.81. The standard InChI is InChI=1S/C22H29NO6/c1-12-10-15-17(13(2)22(8-9-22)21(7,27)18(15)25)16(12)11-23(29-14(3)24)19(26)28-20(4,5)6/h10,27H,8-9,11H2,1-7H3/t21-/m0/s1. The Hall–Kier alpha value is -2.41. The van der Waals surface area contributed by atoms with Gasteiger partial charge in [-0.2, -0.15) is 0 Å². The molecule has 3 aliphatic rings. The summed E-state index contributed by atoms with van der Waals surface area (Å²) < 4.78 is 5.36. The summed E-state index contributed by atoms with van der Waals surface area (Å²) in [6.45, 7) is 11.7. The van der Waals surface area contributed by atoms with Crippen LogP contribution in [-0.4, -0.2) is 45.8 Å². The molecule has 0 heterocycles. The molecule has 7 heteroatoms. The van der Waals surface area contributed by atoms with Crippen molar-refractivity contribution in [1.29, 1.82) is 0 Å². The lowest BCUT2D eigenvalue weighted by molar-refractivity contribution is -0.180. The van der Waals surface area contributed by atoms with Crippen LogP contribution in [0.2, 0.25) is 0 Å². The number of fused-ring (bicyclic) bond motifs is 1. The van der Waals surface area contributed by atoms with Gasteiger partial charge in [-0.3, -0.25) is 9.59 Å². The highest BCUT2D eigenvalue weighted by Gasteiger charge is 2.65. The molecule has 0 aromatic rings. The lowest BCUT2D eigenvalue weighted by Crippen LogP contribution is -2.49. The molecule has 158 valence electrons. The lowest BCUT2D eigenvalue weighted by atomic mass is 9.67. The van der Waals surface area contributed by atoms with Crippen LogP contribution in [0.3, 0.4) is 0 Å². The molecule has 1 amide bonds. The third-order valence-corrected chi connectivity index (χ3v) is 6.01. The molecule has 1 spiro atoms. The average molecular weight is 403 g/mol. The number of aliphatic hydroxyl groups is 1. The normalized spacial score (nSPS) is 25.1. The van der Waals surface area contributed by atoms with E-state index in [1.54, 1.807) is 33.8 Å². The van der Waals surface area contributed by atoms with E-state index in [1.165, 1.54) is 6.92 Å². The number of ether oxygens (including phenoxy) is 1. The third-order valence-electron chi connectivity index (χ3n) is 6.01. The minimum atomic E-state index is -1.44. The zero-order valence-corrected chi connectivity index (χ0v) is 18.1. The molecular weight excluding hydrogens is 374 g/mol. The molecule has 3 rings (SSSR count). The number of hydroxylamine groups is 2. The van der Waals surface area contributed by atoms with Crippen LogP contribution in [0.25, 0.3) is 0 Å². The Labute approximate surface area is 171 Å². The maximum absolute atomic E-state index is 13.0. The number of hydrogen-bond acceptors (Lipinski definition) is 6. The molecule has 0 aliphatic heterocycles. The number of carbonyl (C=O) groups excluding carboxylic acids is 3. The topological polar surface area (TPSA) is 93.1 Å². The Bertz CT molecular complexity index is 893. The molecule has 0 radical (unpaired) electrons. The van der Waals surface area contributed by atoms with E-state index in [9.17, 15) is 19.5 Å². The first kappa shape index (κ1) is 21.3. The second-order valence-corrected chi connectivity index (χ2v) is 9.30. The molecule has 1 N–H and O–H groups in total. The lowest BCUT2D eigenvalue weighted by Gasteiger charge is -2.39. The van der Waals surface area contributed by atoms with Gasteiger partial charge < -0.3 is 14.7 Å². The van der Waals surface area contributed by atoms with E-state index in [2.05, 4.69) is 0 Å². The third kappa shape index (κ3) is 3.41. The summed E-state index contributed by atoms with van der Waals surface area (Å²) in [7, 11) is 0. The number of ketones is 1. The fourth-order valence-corrected chi connectivity index (χ4v) is 4.36. The van der Waals surface area contributed by atoms with Crippen LogP contribution in [0.4, 0.5) is 4.79 Å². The molecule has 29 heavy (non-hydrogen) atoms. The van der Waals surface area contributed by atoms with Crippen molar-refractivity contribution in [1.82, 2.24) is 5.06 Å².